The van der Waals surface area contributed by atoms with Crippen LogP contribution in [0, 0.1) is 0 Å². The van der Waals surface area contributed by atoms with Crippen molar-refractivity contribution in [3.05, 3.63) is 23.8 Å². The van der Waals surface area contributed by atoms with Crippen LogP contribution in [-0.2, 0) is 23.8 Å². The van der Waals surface area contributed by atoms with Gasteiger partial charge in [0.2, 0.25) is 5.91 Å². The molecule has 0 bridgehead atoms. The average Bonchev–Trinajstić information content (AvgIpc) is 2.71. The van der Waals surface area contributed by atoms with Crippen LogP contribution < -0.4 is 10.1 Å². The van der Waals surface area contributed by atoms with E-state index in [0.717, 1.165) is 0 Å². The summed E-state index contributed by atoms with van der Waals surface area (Å²) < 4.78 is 21.4. The standard InChI is InChI=1S/C20H26N2O7/c1-22-15-6-5-13(9-19(24)27-3)29-17(15)10-28-16-7-4-12(8-14(16)20(22)25)21-18(23)11-26-2/h4,7-8,13,15,17H,5-6,9-11H2,1-3H3,(H,21,23)/t13-,15-,17-/m0/s1. The van der Waals surface area contributed by atoms with Crippen LogP contribution in [-0.4, -0.2) is 75.4 Å². The first-order chi connectivity index (χ1) is 13.9. The maximum Gasteiger partial charge on any atom is 0.308 e. The number of amides is 2. The minimum absolute atomic E-state index is 0.0741. The molecule has 1 aromatic rings. The Morgan fingerprint density at radius 2 is 2.07 bits per heavy atom. The molecule has 1 saturated heterocycles. The van der Waals surface area contributed by atoms with Gasteiger partial charge < -0.3 is 29.2 Å². The van der Waals surface area contributed by atoms with Gasteiger partial charge in [0.25, 0.3) is 5.91 Å². The van der Waals surface area contributed by atoms with Crippen LogP contribution in [0.4, 0.5) is 5.69 Å². The highest BCUT2D eigenvalue weighted by molar-refractivity contribution is 6.00. The third-order valence-electron chi connectivity index (χ3n) is 5.19. The Morgan fingerprint density at radius 3 is 2.79 bits per heavy atom. The summed E-state index contributed by atoms with van der Waals surface area (Å²) in [7, 11) is 4.52. The van der Waals surface area contributed by atoms with Crippen molar-refractivity contribution in [1.82, 2.24) is 4.90 Å². The highest BCUT2D eigenvalue weighted by Crippen LogP contribution is 2.32. The Morgan fingerprint density at radius 1 is 1.28 bits per heavy atom. The second kappa shape index (κ2) is 9.23. The highest BCUT2D eigenvalue weighted by Gasteiger charge is 2.39. The fraction of sp³-hybridized carbons (Fsp3) is 0.550. The lowest BCUT2D eigenvalue weighted by atomic mass is 9.94. The summed E-state index contributed by atoms with van der Waals surface area (Å²) in [4.78, 5) is 38.1. The van der Waals surface area contributed by atoms with Crippen molar-refractivity contribution < 1.29 is 33.3 Å². The molecule has 0 aromatic heterocycles. The quantitative estimate of drug-likeness (QED) is 0.733. The first-order valence-corrected chi connectivity index (χ1v) is 9.48. The smallest absolute Gasteiger partial charge is 0.308 e. The molecule has 1 aromatic carbocycles. The Labute approximate surface area is 169 Å². The number of hydrogen-bond acceptors (Lipinski definition) is 7. The summed E-state index contributed by atoms with van der Waals surface area (Å²) in [5.74, 6) is -0.424. The molecular weight excluding hydrogens is 380 g/mol. The summed E-state index contributed by atoms with van der Waals surface area (Å²) in [5.41, 5.74) is 0.865. The second-order valence-corrected chi connectivity index (χ2v) is 7.14. The Bertz CT molecular complexity index is 782. The summed E-state index contributed by atoms with van der Waals surface area (Å²) in [5, 5.41) is 2.69. The molecule has 2 aliphatic rings. The van der Waals surface area contributed by atoms with Gasteiger partial charge in [0.15, 0.2) is 0 Å². The minimum atomic E-state index is -0.346. The number of hydrogen-bond donors (Lipinski definition) is 1. The van der Waals surface area contributed by atoms with Crippen molar-refractivity contribution in [2.75, 3.05) is 39.8 Å². The number of ether oxygens (including phenoxy) is 4. The fourth-order valence-electron chi connectivity index (χ4n) is 3.70. The molecule has 0 saturated carbocycles. The van der Waals surface area contributed by atoms with Gasteiger partial charge in [-0.15, -0.1) is 0 Å². The zero-order valence-electron chi connectivity index (χ0n) is 16.8. The number of benzene rings is 1. The van der Waals surface area contributed by atoms with Gasteiger partial charge in [-0.25, -0.2) is 0 Å². The topological polar surface area (TPSA) is 103 Å². The number of nitrogens with one attached hydrogen (secondary N) is 1. The molecule has 9 nitrogen and oxygen atoms in total. The van der Waals surface area contributed by atoms with Crippen LogP contribution in [0.3, 0.4) is 0 Å². The highest BCUT2D eigenvalue weighted by atomic mass is 16.6. The number of methoxy groups -OCH3 is 2. The van der Waals surface area contributed by atoms with Gasteiger partial charge in [-0.3, -0.25) is 14.4 Å². The van der Waals surface area contributed by atoms with Crippen LogP contribution in [0.1, 0.15) is 29.6 Å². The molecule has 29 heavy (non-hydrogen) atoms. The zero-order chi connectivity index (χ0) is 21.0. The second-order valence-electron chi connectivity index (χ2n) is 7.14. The van der Waals surface area contributed by atoms with Crippen molar-refractivity contribution in [1.29, 1.82) is 0 Å². The van der Waals surface area contributed by atoms with Crippen molar-refractivity contribution in [3.63, 3.8) is 0 Å². The van der Waals surface area contributed by atoms with E-state index in [1.807, 2.05) is 0 Å². The molecular formula is C20H26N2O7. The van der Waals surface area contributed by atoms with E-state index in [4.69, 9.17) is 18.9 Å². The Kier molecular flexibility index (Phi) is 6.71. The van der Waals surface area contributed by atoms with Crippen molar-refractivity contribution >= 4 is 23.5 Å². The van der Waals surface area contributed by atoms with Crippen LogP contribution >= 0.6 is 0 Å². The molecule has 2 aliphatic heterocycles. The van der Waals surface area contributed by atoms with Gasteiger partial charge in [-0.2, -0.15) is 0 Å². The van der Waals surface area contributed by atoms with E-state index in [2.05, 4.69) is 5.32 Å². The lowest BCUT2D eigenvalue weighted by Crippen LogP contribution is -2.53. The van der Waals surface area contributed by atoms with E-state index < -0.39 is 0 Å². The van der Waals surface area contributed by atoms with E-state index in [1.165, 1.54) is 14.2 Å². The number of rotatable bonds is 5. The molecule has 2 heterocycles. The number of carbonyl (C=O) groups is 3. The zero-order valence-corrected chi connectivity index (χ0v) is 16.8. The van der Waals surface area contributed by atoms with Gasteiger partial charge in [-0.1, -0.05) is 0 Å². The fourth-order valence-corrected chi connectivity index (χ4v) is 3.70. The predicted molar refractivity (Wildman–Crippen MR) is 103 cm³/mol. The van der Waals surface area contributed by atoms with E-state index >= 15 is 0 Å². The molecule has 3 atom stereocenters. The summed E-state index contributed by atoms with van der Waals surface area (Å²) in [6.45, 7) is 0.178. The van der Waals surface area contributed by atoms with Gasteiger partial charge in [-0.05, 0) is 31.0 Å². The molecule has 1 fully saturated rings. The predicted octanol–water partition coefficient (Wildman–Crippen LogP) is 1.22. The van der Waals surface area contributed by atoms with Crippen molar-refractivity contribution in [3.8, 4) is 5.75 Å². The first-order valence-electron chi connectivity index (χ1n) is 9.48. The van der Waals surface area contributed by atoms with Gasteiger partial charge in [0.1, 0.15) is 25.1 Å². The SMILES string of the molecule is COCC(=O)Nc1ccc2c(c1)C(=O)N(C)[C@H]1CC[C@@H](CC(=O)OC)O[C@H]1CO2. The normalized spacial score (nSPS) is 23.8. The number of anilines is 1. The van der Waals surface area contributed by atoms with Crippen LogP contribution in [0.2, 0.25) is 0 Å². The average molecular weight is 406 g/mol. The number of likely N-dealkylation sites (N-methyl/N-ethyl adjacent to an activating group) is 1. The maximum atomic E-state index is 13.1. The molecule has 3 rings (SSSR count). The van der Waals surface area contributed by atoms with Gasteiger partial charge in [0, 0.05) is 19.8 Å². The largest absolute Gasteiger partial charge is 0.490 e. The lowest BCUT2D eigenvalue weighted by Gasteiger charge is -2.42. The first kappa shape index (κ1) is 21.1. The maximum absolute atomic E-state index is 13.1. The molecule has 1 N–H and O–H groups in total. The molecule has 158 valence electrons. The summed E-state index contributed by atoms with van der Waals surface area (Å²) in [6.07, 6.45) is 0.916. The van der Waals surface area contributed by atoms with Crippen molar-refractivity contribution in [2.45, 2.75) is 37.5 Å². The molecule has 9 heteroatoms. The van der Waals surface area contributed by atoms with E-state index in [-0.39, 0.29) is 55.7 Å². The van der Waals surface area contributed by atoms with E-state index in [9.17, 15) is 14.4 Å². The summed E-state index contributed by atoms with van der Waals surface area (Å²) in [6, 6.07) is 4.75. The molecule has 2 amide bonds. The van der Waals surface area contributed by atoms with E-state index in [0.29, 0.717) is 29.8 Å². The molecule has 0 aliphatic carbocycles. The van der Waals surface area contributed by atoms with Gasteiger partial charge in [0.05, 0.1) is 31.2 Å². The van der Waals surface area contributed by atoms with E-state index in [1.54, 1.807) is 30.1 Å². The number of carbonyl (C=O) groups excluding carboxylic acids is 3. The van der Waals surface area contributed by atoms with Gasteiger partial charge >= 0.3 is 5.97 Å². The third-order valence-corrected chi connectivity index (χ3v) is 5.19. The number of esters is 1. The number of nitrogens with zero attached hydrogens (tertiary/aromatic N) is 1. The van der Waals surface area contributed by atoms with Crippen LogP contribution in [0.5, 0.6) is 5.75 Å². The number of fused-ring (bicyclic) bond motifs is 2. The molecule has 0 spiro atoms. The summed E-state index contributed by atoms with van der Waals surface area (Å²) >= 11 is 0. The Balaban J connectivity index is 1.77. The monoisotopic (exact) mass is 406 g/mol. The minimum Gasteiger partial charge on any atom is -0.490 e. The Hall–Kier alpha value is -2.65. The van der Waals surface area contributed by atoms with Crippen LogP contribution in [0.15, 0.2) is 18.2 Å². The molecule has 0 unspecified atom stereocenters. The molecule has 0 radical (unpaired) electrons. The lowest BCUT2D eigenvalue weighted by molar-refractivity contribution is -0.151. The van der Waals surface area contributed by atoms with Crippen LogP contribution in [0.25, 0.3) is 0 Å². The third kappa shape index (κ3) is 4.86. The van der Waals surface area contributed by atoms with Crippen molar-refractivity contribution in [2.24, 2.45) is 0 Å².